The fourth-order valence-electron chi connectivity index (χ4n) is 1.73. The Kier molecular flexibility index (Phi) is 3.27. The molecule has 0 aromatic heterocycles. The average molecular weight is 187 g/mol. The highest BCUT2D eigenvalue weighted by atomic mass is 16.5. The van der Waals surface area contributed by atoms with Crippen LogP contribution in [0.1, 0.15) is 27.2 Å². The molecule has 4 heteroatoms. The van der Waals surface area contributed by atoms with Crippen molar-refractivity contribution >= 4 is 5.91 Å². The Hall–Kier alpha value is -0.610. The molecule has 1 aliphatic heterocycles. The minimum atomic E-state index is -0.597. The number of ether oxygens (including phenoxy) is 1. The van der Waals surface area contributed by atoms with Gasteiger partial charge in [0.1, 0.15) is 6.10 Å². The standard InChI is InChI=1S/C9H17NO3/c1-5-4-8(10-7(3)11)9(12)6(2)13-5/h5-6,8-9,12H,4H2,1-3H3,(H,10,11)/t5?,6-,8-,9?/m0/s1. The number of aliphatic hydroxyl groups is 1. The Morgan fingerprint density at radius 2 is 2.15 bits per heavy atom. The second-order valence-electron chi connectivity index (χ2n) is 3.69. The van der Waals surface area contributed by atoms with Crippen LogP contribution in [0.5, 0.6) is 0 Å². The van der Waals surface area contributed by atoms with Gasteiger partial charge in [-0.3, -0.25) is 4.79 Å². The normalized spacial score (nSPS) is 40.0. The fourth-order valence-corrected chi connectivity index (χ4v) is 1.73. The Morgan fingerprint density at radius 1 is 1.54 bits per heavy atom. The van der Waals surface area contributed by atoms with Crippen LogP contribution in [0.15, 0.2) is 0 Å². The lowest BCUT2D eigenvalue weighted by Crippen LogP contribution is -2.53. The third-order valence-electron chi connectivity index (χ3n) is 2.31. The molecule has 13 heavy (non-hydrogen) atoms. The molecule has 1 amide bonds. The second-order valence-corrected chi connectivity index (χ2v) is 3.69. The summed E-state index contributed by atoms with van der Waals surface area (Å²) in [5, 5.41) is 12.4. The Labute approximate surface area is 78.3 Å². The van der Waals surface area contributed by atoms with Crippen LogP contribution in [0.4, 0.5) is 0 Å². The summed E-state index contributed by atoms with van der Waals surface area (Å²) in [4.78, 5) is 10.8. The number of hydrogen-bond donors (Lipinski definition) is 2. The van der Waals surface area contributed by atoms with Crippen molar-refractivity contribution in [3.63, 3.8) is 0 Å². The van der Waals surface area contributed by atoms with Crippen molar-refractivity contribution in [3.05, 3.63) is 0 Å². The van der Waals surface area contributed by atoms with Gasteiger partial charge in [0.25, 0.3) is 0 Å². The number of nitrogens with one attached hydrogen (secondary N) is 1. The van der Waals surface area contributed by atoms with Crippen molar-refractivity contribution in [1.82, 2.24) is 5.32 Å². The number of hydrogen-bond acceptors (Lipinski definition) is 3. The molecule has 1 fully saturated rings. The van der Waals surface area contributed by atoms with E-state index in [9.17, 15) is 9.90 Å². The third-order valence-corrected chi connectivity index (χ3v) is 2.31. The number of carbonyl (C=O) groups excluding carboxylic acids is 1. The summed E-state index contributed by atoms with van der Waals surface area (Å²) in [6.07, 6.45) is -0.0404. The predicted octanol–water partition coefficient (Wildman–Crippen LogP) is 0.0493. The van der Waals surface area contributed by atoms with Crippen LogP contribution in [0.2, 0.25) is 0 Å². The molecular weight excluding hydrogens is 170 g/mol. The Balaban J connectivity index is 2.55. The average Bonchev–Trinajstić information content (AvgIpc) is 1.98. The van der Waals surface area contributed by atoms with Crippen molar-refractivity contribution in [1.29, 1.82) is 0 Å². The summed E-state index contributed by atoms with van der Waals surface area (Å²) in [6, 6.07) is -0.170. The van der Waals surface area contributed by atoms with Crippen molar-refractivity contribution in [2.24, 2.45) is 0 Å². The third kappa shape index (κ3) is 2.67. The maximum absolute atomic E-state index is 10.8. The van der Waals surface area contributed by atoms with Gasteiger partial charge in [-0.15, -0.1) is 0 Å². The first-order valence-electron chi connectivity index (χ1n) is 4.61. The van der Waals surface area contributed by atoms with Gasteiger partial charge in [0, 0.05) is 6.92 Å². The summed E-state index contributed by atoms with van der Waals surface area (Å²) < 4.78 is 5.41. The van der Waals surface area contributed by atoms with Crippen molar-refractivity contribution in [2.45, 2.75) is 51.5 Å². The maximum atomic E-state index is 10.8. The van der Waals surface area contributed by atoms with Gasteiger partial charge in [-0.05, 0) is 20.3 Å². The van der Waals surface area contributed by atoms with E-state index >= 15 is 0 Å². The molecule has 0 spiro atoms. The van der Waals surface area contributed by atoms with E-state index in [-0.39, 0.29) is 24.2 Å². The topological polar surface area (TPSA) is 58.6 Å². The van der Waals surface area contributed by atoms with Crippen LogP contribution < -0.4 is 5.32 Å². The van der Waals surface area contributed by atoms with Crippen LogP contribution in [-0.4, -0.2) is 35.4 Å². The SMILES string of the molecule is CC(=O)N[C@H]1CC(C)O[C@@H](C)C1O. The molecule has 0 bridgehead atoms. The van der Waals surface area contributed by atoms with E-state index < -0.39 is 6.10 Å². The summed E-state index contributed by atoms with van der Waals surface area (Å²) in [6.45, 7) is 5.21. The monoisotopic (exact) mass is 187 g/mol. The molecule has 0 radical (unpaired) electrons. The molecule has 0 aromatic rings. The zero-order valence-electron chi connectivity index (χ0n) is 8.28. The van der Waals surface area contributed by atoms with Gasteiger partial charge < -0.3 is 15.2 Å². The van der Waals surface area contributed by atoms with Crippen LogP contribution in [0.3, 0.4) is 0 Å². The smallest absolute Gasteiger partial charge is 0.217 e. The van der Waals surface area contributed by atoms with E-state index in [2.05, 4.69) is 5.32 Å². The van der Waals surface area contributed by atoms with E-state index in [1.165, 1.54) is 6.92 Å². The van der Waals surface area contributed by atoms with Gasteiger partial charge in [0.2, 0.25) is 5.91 Å². The van der Waals surface area contributed by atoms with Crippen LogP contribution in [0.25, 0.3) is 0 Å². The fraction of sp³-hybridized carbons (Fsp3) is 0.889. The largest absolute Gasteiger partial charge is 0.388 e. The molecule has 0 aliphatic carbocycles. The van der Waals surface area contributed by atoms with Crippen LogP contribution in [0, 0.1) is 0 Å². The first-order chi connectivity index (χ1) is 6.00. The highest BCUT2D eigenvalue weighted by Gasteiger charge is 2.33. The minimum Gasteiger partial charge on any atom is -0.388 e. The number of carbonyl (C=O) groups is 1. The lowest BCUT2D eigenvalue weighted by atomic mass is 9.97. The molecule has 2 unspecified atom stereocenters. The Bertz CT molecular complexity index is 195. The van der Waals surface area contributed by atoms with Crippen molar-refractivity contribution in [2.75, 3.05) is 0 Å². The summed E-state index contributed by atoms with van der Waals surface area (Å²) in [7, 11) is 0. The molecule has 1 rings (SSSR count). The lowest BCUT2D eigenvalue weighted by molar-refractivity contribution is -0.132. The zero-order valence-corrected chi connectivity index (χ0v) is 8.28. The number of amides is 1. The molecular formula is C9H17NO3. The predicted molar refractivity (Wildman–Crippen MR) is 48.2 cm³/mol. The highest BCUT2D eigenvalue weighted by Crippen LogP contribution is 2.19. The first kappa shape index (κ1) is 10.5. The molecule has 1 saturated heterocycles. The maximum Gasteiger partial charge on any atom is 0.217 e. The molecule has 2 N–H and O–H groups in total. The molecule has 4 atom stereocenters. The van der Waals surface area contributed by atoms with E-state index in [0.29, 0.717) is 6.42 Å². The van der Waals surface area contributed by atoms with Gasteiger partial charge in [0.05, 0.1) is 18.2 Å². The van der Waals surface area contributed by atoms with E-state index in [4.69, 9.17) is 4.74 Å². The van der Waals surface area contributed by atoms with Gasteiger partial charge in [-0.25, -0.2) is 0 Å². The van der Waals surface area contributed by atoms with E-state index in [1.54, 1.807) is 0 Å². The van der Waals surface area contributed by atoms with Crippen molar-refractivity contribution < 1.29 is 14.6 Å². The minimum absolute atomic E-state index is 0.0928. The molecule has 0 aromatic carbocycles. The van der Waals surface area contributed by atoms with Crippen LogP contribution >= 0.6 is 0 Å². The lowest BCUT2D eigenvalue weighted by Gasteiger charge is -2.36. The quantitative estimate of drug-likeness (QED) is 0.610. The van der Waals surface area contributed by atoms with Crippen LogP contribution in [-0.2, 0) is 9.53 Å². The molecule has 1 heterocycles. The summed E-state index contributed by atoms with van der Waals surface area (Å²) >= 11 is 0. The highest BCUT2D eigenvalue weighted by molar-refractivity contribution is 5.73. The van der Waals surface area contributed by atoms with Gasteiger partial charge in [0.15, 0.2) is 0 Å². The zero-order chi connectivity index (χ0) is 10.0. The van der Waals surface area contributed by atoms with Gasteiger partial charge in [-0.2, -0.15) is 0 Å². The van der Waals surface area contributed by atoms with Gasteiger partial charge >= 0.3 is 0 Å². The second kappa shape index (κ2) is 4.07. The molecule has 76 valence electrons. The molecule has 1 aliphatic rings. The van der Waals surface area contributed by atoms with Crippen molar-refractivity contribution in [3.8, 4) is 0 Å². The van der Waals surface area contributed by atoms with Gasteiger partial charge in [-0.1, -0.05) is 0 Å². The number of rotatable bonds is 1. The number of aliphatic hydroxyl groups excluding tert-OH is 1. The molecule has 0 saturated carbocycles. The Morgan fingerprint density at radius 3 is 2.69 bits per heavy atom. The van der Waals surface area contributed by atoms with E-state index in [1.807, 2.05) is 13.8 Å². The first-order valence-corrected chi connectivity index (χ1v) is 4.61. The molecule has 4 nitrogen and oxygen atoms in total. The van der Waals surface area contributed by atoms with E-state index in [0.717, 1.165) is 0 Å². The summed E-state index contributed by atoms with van der Waals surface area (Å²) in [5.41, 5.74) is 0. The summed E-state index contributed by atoms with van der Waals surface area (Å²) in [5.74, 6) is -0.106.